The van der Waals surface area contributed by atoms with E-state index in [4.69, 9.17) is 5.73 Å². The number of benzene rings is 2. The number of alkyl halides is 2. The van der Waals surface area contributed by atoms with E-state index >= 15 is 0 Å². The van der Waals surface area contributed by atoms with Crippen molar-refractivity contribution in [3.63, 3.8) is 0 Å². The first-order valence-electron chi connectivity index (χ1n) is 6.22. The zero-order valence-corrected chi connectivity index (χ0v) is 11.1. The van der Waals surface area contributed by atoms with Crippen LogP contribution >= 0.6 is 0 Å². The van der Waals surface area contributed by atoms with Crippen molar-refractivity contribution in [1.82, 2.24) is 0 Å². The van der Waals surface area contributed by atoms with Crippen LogP contribution in [0.5, 0.6) is 5.75 Å². The minimum Gasteiger partial charge on any atom is -0.435 e. The number of carbonyl (C=O) groups excluding carboxylic acids is 1. The third kappa shape index (κ3) is 4.45. The van der Waals surface area contributed by atoms with Crippen molar-refractivity contribution in [2.75, 3.05) is 5.32 Å². The molecule has 1 amide bonds. The first-order valence-corrected chi connectivity index (χ1v) is 6.22. The molecule has 3 N–H and O–H groups in total. The van der Waals surface area contributed by atoms with Crippen molar-refractivity contribution in [3.05, 3.63) is 59.7 Å². The summed E-state index contributed by atoms with van der Waals surface area (Å²) in [6.07, 6.45) is 0. The summed E-state index contributed by atoms with van der Waals surface area (Å²) in [6.45, 7) is -2.34. The summed E-state index contributed by atoms with van der Waals surface area (Å²) in [5, 5.41) is 3.12. The first kappa shape index (κ1) is 14.8. The van der Waals surface area contributed by atoms with Crippen LogP contribution in [0, 0.1) is 0 Å². The van der Waals surface area contributed by atoms with Gasteiger partial charge >= 0.3 is 6.61 Å². The lowest BCUT2D eigenvalue weighted by molar-refractivity contribution is -0.0498. The zero-order chi connectivity index (χ0) is 15.2. The van der Waals surface area contributed by atoms with Gasteiger partial charge in [-0.2, -0.15) is 8.78 Å². The van der Waals surface area contributed by atoms with Gasteiger partial charge in [0.05, 0.1) is 0 Å². The van der Waals surface area contributed by atoms with Gasteiger partial charge in [0.2, 0.25) is 5.91 Å². The third-order valence-corrected chi connectivity index (χ3v) is 2.79. The van der Waals surface area contributed by atoms with Crippen LogP contribution in [0.2, 0.25) is 0 Å². The van der Waals surface area contributed by atoms with Crippen molar-refractivity contribution in [3.8, 4) is 5.75 Å². The lowest BCUT2D eigenvalue weighted by Gasteiger charge is -2.09. The van der Waals surface area contributed by atoms with Gasteiger partial charge in [0.25, 0.3) is 0 Å². The standard InChI is InChI=1S/C15H14F2N2O2/c16-15(17)21-13-6-4-10(5-7-13)9-19-12-3-1-2-11(8-12)14(18)20/h1-8,15,19H,9H2,(H2,18,20). The number of amides is 1. The fourth-order valence-corrected chi connectivity index (χ4v) is 1.78. The molecule has 2 aromatic rings. The Morgan fingerprint density at radius 1 is 1.19 bits per heavy atom. The number of hydrogen-bond acceptors (Lipinski definition) is 3. The number of carbonyl (C=O) groups is 1. The molecular formula is C15H14F2N2O2. The van der Waals surface area contributed by atoms with Gasteiger partial charge in [-0.05, 0) is 35.9 Å². The molecule has 0 spiro atoms. The number of hydrogen-bond donors (Lipinski definition) is 2. The number of nitrogens with two attached hydrogens (primary N) is 1. The second-order valence-electron chi connectivity index (χ2n) is 4.32. The maximum Gasteiger partial charge on any atom is 0.387 e. The molecule has 0 aliphatic carbocycles. The average molecular weight is 292 g/mol. The number of nitrogens with one attached hydrogen (secondary N) is 1. The molecule has 2 aromatic carbocycles. The molecule has 2 rings (SSSR count). The minimum atomic E-state index is -2.83. The summed E-state index contributed by atoms with van der Waals surface area (Å²) in [7, 11) is 0. The summed E-state index contributed by atoms with van der Waals surface area (Å²) in [6, 6.07) is 13.1. The van der Waals surface area contributed by atoms with Gasteiger partial charge in [0.15, 0.2) is 0 Å². The predicted molar refractivity (Wildman–Crippen MR) is 75.4 cm³/mol. The molecule has 0 saturated heterocycles. The maximum absolute atomic E-state index is 12.0. The highest BCUT2D eigenvalue weighted by Gasteiger charge is 2.04. The SMILES string of the molecule is NC(=O)c1cccc(NCc2ccc(OC(F)F)cc2)c1. The van der Waals surface area contributed by atoms with E-state index in [1.54, 1.807) is 36.4 Å². The summed E-state index contributed by atoms with van der Waals surface area (Å²) in [4.78, 5) is 11.1. The van der Waals surface area contributed by atoms with Crippen molar-refractivity contribution >= 4 is 11.6 Å². The summed E-state index contributed by atoms with van der Waals surface area (Å²) >= 11 is 0. The Labute approximate surface area is 120 Å². The van der Waals surface area contributed by atoms with E-state index in [2.05, 4.69) is 10.1 Å². The van der Waals surface area contributed by atoms with E-state index in [0.29, 0.717) is 12.1 Å². The number of rotatable bonds is 6. The van der Waals surface area contributed by atoms with Crippen molar-refractivity contribution < 1.29 is 18.3 Å². The van der Waals surface area contributed by atoms with Gasteiger partial charge in [-0.3, -0.25) is 4.79 Å². The van der Waals surface area contributed by atoms with Gasteiger partial charge in [0.1, 0.15) is 5.75 Å². The molecule has 0 unspecified atom stereocenters. The molecule has 0 atom stereocenters. The summed E-state index contributed by atoms with van der Waals surface area (Å²) in [5.74, 6) is -0.378. The Kier molecular flexibility index (Phi) is 4.71. The topological polar surface area (TPSA) is 64.4 Å². The van der Waals surface area contributed by atoms with E-state index in [0.717, 1.165) is 11.3 Å². The third-order valence-electron chi connectivity index (χ3n) is 2.79. The zero-order valence-electron chi connectivity index (χ0n) is 11.1. The first-order chi connectivity index (χ1) is 10.0. The number of ether oxygens (including phenoxy) is 1. The van der Waals surface area contributed by atoms with Crippen LogP contribution in [0.3, 0.4) is 0 Å². The Hall–Kier alpha value is -2.63. The minimum absolute atomic E-state index is 0.115. The number of halogens is 2. The molecule has 0 aliphatic heterocycles. The van der Waals surface area contributed by atoms with Gasteiger partial charge in [-0.25, -0.2) is 0 Å². The molecule has 4 nitrogen and oxygen atoms in total. The van der Waals surface area contributed by atoms with Crippen LogP contribution in [-0.2, 0) is 6.54 Å². The van der Waals surface area contributed by atoms with Gasteiger partial charge in [0, 0.05) is 17.8 Å². The fourth-order valence-electron chi connectivity index (χ4n) is 1.78. The summed E-state index contributed by atoms with van der Waals surface area (Å²) < 4.78 is 28.3. The molecule has 0 saturated carbocycles. The largest absolute Gasteiger partial charge is 0.435 e. The molecule has 0 fully saturated rings. The van der Waals surface area contributed by atoms with E-state index in [1.807, 2.05) is 0 Å². The highest BCUT2D eigenvalue weighted by molar-refractivity contribution is 5.93. The van der Waals surface area contributed by atoms with Crippen molar-refractivity contribution in [1.29, 1.82) is 0 Å². The van der Waals surface area contributed by atoms with Crippen LogP contribution in [0.1, 0.15) is 15.9 Å². The van der Waals surface area contributed by atoms with Crippen LogP contribution in [0.15, 0.2) is 48.5 Å². The monoisotopic (exact) mass is 292 g/mol. The molecule has 21 heavy (non-hydrogen) atoms. The van der Waals surface area contributed by atoms with Crippen molar-refractivity contribution in [2.45, 2.75) is 13.2 Å². The van der Waals surface area contributed by atoms with Crippen LogP contribution in [0.4, 0.5) is 14.5 Å². The molecule has 110 valence electrons. The van der Waals surface area contributed by atoms with Crippen LogP contribution in [-0.4, -0.2) is 12.5 Å². The highest BCUT2D eigenvalue weighted by Crippen LogP contribution is 2.16. The lowest BCUT2D eigenvalue weighted by atomic mass is 10.1. The predicted octanol–water partition coefficient (Wildman–Crippen LogP) is 3.00. The van der Waals surface area contributed by atoms with Gasteiger partial charge in [-0.1, -0.05) is 18.2 Å². The normalized spacial score (nSPS) is 10.4. The Bertz CT molecular complexity index is 615. The van der Waals surface area contributed by atoms with Gasteiger partial charge < -0.3 is 15.8 Å². The molecular weight excluding hydrogens is 278 g/mol. The summed E-state index contributed by atoms with van der Waals surface area (Å²) in [5.41, 5.74) is 7.26. The molecule has 0 bridgehead atoms. The maximum atomic E-state index is 12.0. The molecule has 0 radical (unpaired) electrons. The second kappa shape index (κ2) is 6.69. The van der Waals surface area contributed by atoms with Gasteiger partial charge in [-0.15, -0.1) is 0 Å². The average Bonchev–Trinajstić information content (AvgIpc) is 2.46. The number of anilines is 1. The van der Waals surface area contributed by atoms with Crippen LogP contribution < -0.4 is 15.8 Å². The molecule has 6 heteroatoms. The molecule has 0 aromatic heterocycles. The van der Waals surface area contributed by atoms with E-state index in [1.165, 1.54) is 12.1 Å². The van der Waals surface area contributed by atoms with Crippen LogP contribution in [0.25, 0.3) is 0 Å². The second-order valence-corrected chi connectivity index (χ2v) is 4.32. The van der Waals surface area contributed by atoms with Crippen molar-refractivity contribution in [2.24, 2.45) is 5.73 Å². The van der Waals surface area contributed by atoms with E-state index in [9.17, 15) is 13.6 Å². The smallest absolute Gasteiger partial charge is 0.387 e. The Morgan fingerprint density at radius 2 is 1.90 bits per heavy atom. The lowest BCUT2D eigenvalue weighted by Crippen LogP contribution is -2.11. The van der Waals surface area contributed by atoms with E-state index < -0.39 is 12.5 Å². The highest BCUT2D eigenvalue weighted by atomic mass is 19.3. The van der Waals surface area contributed by atoms with E-state index in [-0.39, 0.29) is 5.75 Å². The molecule has 0 heterocycles. The Morgan fingerprint density at radius 3 is 2.52 bits per heavy atom. The quantitative estimate of drug-likeness (QED) is 0.860. The molecule has 0 aliphatic rings. The Balaban J connectivity index is 1.96. The number of primary amides is 1. The fraction of sp³-hybridized carbons (Fsp3) is 0.133.